The minimum absolute atomic E-state index is 0.296. The average molecular weight is 320 g/mol. The van der Waals surface area contributed by atoms with E-state index in [0.717, 1.165) is 22.8 Å². The van der Waals surface area contributed by atoms with Gasteiger partial charge in [0, 0.05) is 29.8 Å². The number of nitrogens with one attached hydrogen (secondary N) is 1. The van der Waals surface area contributed by atoms with Crippen LogP contribution in [0.1, 0.15) is 29.3 Å². The molecule has 0 spiro atoms. The van der Waals surface area contributed by atoms with Gasteiger partial charge in [-0.2, -0.15) is 0 Å². The molecule has 2 fully saturated rings. The van der Waals surface area contributed by atoms with Crippen molar-refractivity contribution in [2.45, 2.75) is 25.3 Å². The zero-order chi connectivity index (χ0) is 15.4. The lowest BCUT2D eigenvalue weighted by Gasteiger charge is -2.34. The van der Waals surface area contributed by atoms with E-state index in [1.807, 2.05) is 0 Å². The zero-order valence-corrected chi connectivity index (χ0v) is 13.2. The Balaban J connectivity index is 1.59. The molecule has 4 amide bonds. The largest absolute Gasteiger partial charge is 0.338 e. The fourth-order valence-electron chi connectivity index (χ4n) is 3.63. The number of imide groups is 2. The van der Waals surface area contributed by atoms with Gasteiger partial charge < -0.3 is 4.90 Å². The van der Waals surface area contributed by atoms with Crippen LogP contribution in [-0.2, 0) is 16.0 Å². The van der Waals surface area contributed by atoms with Gasteiger partial charge >= 0.3 is 17.8 Å². The number of fused-ring (bicyclic) bond motifs is 1. The molecule has 4 rings (SSSR count). The predicted molar refractivity (Wildman–Crippen MR) is 79.2 cm³/mol. The molecule has 6 nitrogen and oxygen atoms in total. The van der Waals surface area contributed by atoms with Crippen molar-refractivity contribution in [3.05, 3.63) is 21.9 Å². The summed E-state index contributed by atoms with van der Waals surface area (Å²) in [5, 5.41) is 2.13. The molecule has 3 heterocycles. The van der Waals surface area contributed by atoms with E-state index in [1.165, 1.54) is 35.2 Å². The number of carbonyl (C=O) groups excluding carboxylic acids is 3. The minimum Gasteiger partial charge on any atom is -0.311 e. The van der Waals surface area contributed by atoms with Crippen LogP contribution in [0.15, 0.2) is 11.4 Å². The molecule has 116 valence electrons. The summed E-state index contributed by atoms with van der Waals surface area (Å²) in [4.78, 5) is 40.4. The molecule has 1 saturated heterocycles. The highest BCUT2D eigenvalue weighted by atomic mass is 32.1. The third-order valence-corrected chi connectivity index (χ3v) is 5.93. The molecule has 2 aliphatic heterocycles. The normalized spacial score (nSPS) is 28.5. The molecule has 2 atom stereocenters. The van der Waals surface area contributed by atoms with Crippen LogP contribution in [-0.4, -0.2) is 47.9 Å². The number of quaternary nitrogens is 1. The van der Waals surface area contributed by atoms with Gasteiger partial charge in [0.25, 0.3) is 0 Å². The highest BCUT2D eigenvalue weighted by molar-refractivity contribution is 7.10. The fourth-order valence-corrected chi connectivity index (χ4v) is 4.56. The molecule has 3 aliphatic rings. The van der Waals surface area contributed by atoms with E-state index in [0.29, 0.717) is 18.6 Å². The van der Waals surface area contributed by atoms with Crippen LogP contribution in [0, 0.1) is 5.92 Å². The van der Waals surface area contributed by atoms with Crippen LogP contribution in [0.3, 0.4) is 0 Å². The number of hydrogen-bond donors (Lipinski definition) is 1. The Labute approximate surface area is 132 Å². The van der Waals surface area contributed by atoms with Crippen molar-refractivity contribution in [2.75, 3.05) is 20.3 Å². The number of nitrogens with zero attached hydrogens (tertiary/aromatic N) is 2. The molecular formula is C15H18N3O3S+. The number of rotatable bonds is 3. The van der Waals surface area contributed by atoms with E-state index < -0.39 is 17.8 Å². The summed E-state index contributed by atoms with van der Waals surface area (Å²) in [6, 6.07) is 2.05. The molecule has 0 aromatic carbocycles. The smallest absolute Gasteiger partial charge is 0.311 e. The lowest BCUT2D eigenvalue weighted by Crippen LogP contribution is -3.15. The van der Waals surface area contributed by atoms with E-state index in [-0.39, 0.29) is 0 Å². The maximum atomic E-state index is 12.1. The molecule has 1 aromatic rings. The van der Waals surface area contributed by atoms with Gasteiger partial charge in [-0.15, -0.1) is 11.3 Å². The molecule has 1 N–H and O–H groups in total. The highest BCUT2D eigenvalue weighted by Gasteiger charge is 2.48. The molecule has 1 saturated carbocycles. The molecular weight excluding hydrogens is 302 g/mol. The van der Waals surface area contributed by atoms with Crippen LogP contribution >= 0.6 is 11.3 Å². The highest BCUT2D eigenvalue weighted by Crippen LogP contribution is 2.42. The monoisotopic (exact) mass is 320 g/mol. The van der Waals surface area contributed by atoms with Gasteiger partial charge in [0.1, 0.15) is 6.04 Å². The second kappa shape index (κ2) is 4.89. The first-order valence-corrected chi connectivity index (χ1v) is 8.50. The van der Waals surface area contributed by atoms with Crippen LogP contribution in [0.25, 0.3) is 0 Å². The van der Waals surface area contributed by atoms with Crippen LogP contribution < -0.4 is 4.90 Å². The number of likely N-dealkylation sites (N-methyl/N-ethyl adjacent to an activating group) is 1. The average Bonchev–Trinajstić information content (AvgIpc) is 3.21. The van der Waals surface area contributed by atoms with Crippen LogP contribution in [0.4, 0.5) is 4.79 Å². The number of hydrogen-bond acceptors (Lipinski definition) is 4. The van der Waals surface area contributed by atoms with Crippen molar-refractivity contribution in [1.82, 2.24) is 9.80 Å². The Morgan fingerprint density at radius 1 is 1.27 bits per heavy atom. The van der Waals surface area contributed by atoms with Crippen molar-refractivity contribution in [3.8, 4) is 0 Å². The summed E-state index contributed by atoms with van der Waals surface area (Å²) in [6.07, 6.45) is 3.40. The number of carbonyl (C=O) groups is 3. The first-order chi connectivity index (χ1) is 10.6. The van der Waals surface area contributed by atoms with Gasteiger partial charge in [0.15, 0.2) is 6.67 Å². The minimum atomic E-state index is -0.722. The van der Waals surface area contributed by atoms with Crippen LogP contribution in [0.5, 0.6) is 0 Å². The fraction of sp³-hybridized carbons (Fsp3) is 0.533. The Hall–Kier alpha value is -1.73. The third-order valence-electron chi connectivity index (χ3n) is 4.93. The van der Waals surface area contributed by atoms with E-state index in [9.17, 15) is 14.4 Å². The second-order valence-electron chi connectivity index (χ2n) is 6.31. The number of thiophene rings is 1. The molecule has 0 bridgehead atoms. The molecule has 1 aliphatic carbocycles. The molecule has 22 heavy (non-hydrogen) atoms. The molecule has 1 unspecified atom stereocenters. The summed E-state index contributed by atoms with van der Waals surface area (Å²) < 4.78 is 0. The van der Waals surface area contributed by atoms with Gasteiger partial charge in [-0.05, 0) is 24.3 Å². The van der Waals surface area contributed by atoms with Gasteiger partial charge in [0.2, 0.25) is 0 Å². The van der Waals surface area contributed by atoms with Crippen molar-refractivity contribution in [3.63, 3.8) is 0 Å². The van der Waals surface area contributed by atoms with Gasteiger partial charge in [0.05, 0.1) is 6.54 Å². The van der Waals surface area contributed by atoms with E-state index >= 15 is 0 Å². The SMILES string of the molecule is CN1C(=O)C(=O)N(C[NH+]2CCc3sccc3[C@@H]2C2CC2)C1=O. The quantitative estimate of drug-likeness (QED) is 0.631. The summed E-state index contributed by atoms with van der Waals surface area (Å²) in [7, 11) is 1.36. The van der Waals surface area contributed by atoms with E-state index in [1.54, 1.807) is 11.3 Å². The van der Waals surface area contributed by atoms with Gasteiger partial charge in [-0.25, -0.2) is 9.69 Å². The van der Waals surface area contributed by atoms with Crippen molar-refractivity contribution in [2.24, 2.45) is 5.92 Å². The predicted octanol–water partition coefficient (Wildman–Crippen LogP) is 0.0183. The maximum Gasteiger partial charge on any atom is 0.338 e. The first kappa shape index (κ1) is 13.9. The number of urea groups is 1. The van der Waals surface area contributed by atoms with Crippen molar-refractivity contribution in [1.29, 1.82) is 0 Å². The Bertz CT molecular complexity index is 667. The Morgan fingerprint density at radius 2 is 2.05 bits per heavy atom. The van der Waals surface area contributed by atoms with Gasteiger partial charge in [-0.3, -0.25) is 14.5 Å². The maximum absolute atomic E-state index is 12.1. The molecule has 0 radical (unpaired) electrons. The standard InChI is InChI=1S/C15H17N3O3S/c1-16-13(19)14(20)18(15(16)21)8-17-6-4-11-10(5-7-22-11)12(17)9-2-3-9/h5,7,9,12H,2-4,6,8H2,1H3/p+1/t12-/m0/s1. The lowest BCUT2D eigenvalue weighted by molar-refractivity contribution is -0.943. The topological polar surface area (TPSA) is 62.1 Å². The number of amides is 4. The molecule has 1 aromatic heterocycles. The Morgan fingerprint density at radius 3 is 2.68 bits per heavy atom. The van der Waals surface area contributed by atoms with Gasteiger partial charge in [-0.1, -0.05) is 0 Å². The lowest BCUT2D eigenvalue weighted by atomic mass is 9.96. The van der Waals surface area contributed by atoms with E-state index in [2.05, 4.69) is 11.4 Å². The summed E-state index contributed by atoms with van der Waals surface area (Å²) in [5.41, 5.74) is 1.38. The summed E-state index contributed by atoms with van der Waals surface area (Å²) >= 11 is 1.80. The summed E-state index contributed by atoms with van der Waals surface area (Å²) in [5.74, 6) is -0.767. The second-order valence-corrected chi connectivity index (χ2v) is 7.31. The van der Waals surface area contributed by atoms with Crippen molar-refractivity contribution >= 4 is 29.2 Å². The molecule has 7 heteroatoms. The summed E-state index contributed by atoms with van der Waals surface area (Å²) in [6.45, 7) is 1.20. The van der Waals surface area contributed by atoms with E-state index in [4.69, 9.17) is 0 Å². The third kappa shape index (κ3) is 1.99. The Kier molecular flexibility index (Phi) is 3.09. The van der Waals surface area contributed by atoms with Crippen molar-refractivity contribution < 1.29 is 19.3 Å². The van der Waals surface area contributed by atoms with Crippen LogP contribution in [0.2, 0.25) is 0 Å². The zero-order valence-electron chi connectivity index (χ0n) is 12.4. The first-order valence-electron chi connectivity index (χ1n) is 7.62.